The topological polar surface area (TPSA) is 12.9 Å². The molecule has 2 aromatic rings. The fourth-order valence-electron chi connectivity index (χ4n) is 2.07. The fourth-order valence-corrected chi connectivity index (χ4v) is 2.07. The van der Waals surface area contributed by atoms with Crippen molar-refractivity contribution in [1.82, 2.24) is 4.98 Å². The van der Waals surface area contributed by atoms with E-state index in [1.165, 1.54) is 31.1 Å². The largest absolute Gasteiger partial charge is 0.248 e. The molecule has 2 rings (SSSR count). The second-order valence-corrected chi connectivity index (χ2v) is 4.68. The standard InChI is InChI=1S/C17H21N/c1-2-3-4-5-6-7-11-16-14-13-15-10-8-9-12-17(15)18-16/h7-14H,2-6H2,1H3/b11-7+. The van der Waals surface area contributed by atoms with E-state index in [0.29, 0.717) is 0 Å². The van der Waals surface area contributed by atoms with Gasteiger partial charge in [-0.2, -0.15) is 0 Å². The zero-order valence-corrected chi connectivity index (χ0v) is 11.1. The Kier molecular flexibility index (Phi) is 4.95. The van der Waals surface area contributed by atoms with Crippen LogP contribution < -0.4 is 0 Å². The lowest BCUT2D eigenvalue weighted by molar-refractivity contribution is 0.675. The summed E-state index contributed by atoms with van der Waals surface area (Å²) in [4.78, 5) is 4.62. The quantitative estimate of drug-likeness (QED) is 0.630. The molecule has 1 aromatic heterocycles. The van der Waals surface area contributed by atoms with Crippen LogP contribution in [-0.2, 0) is 0 Å². The molecule has 0 spiro atoms. The van der Waals surface area contributed by atoms with Crippen molar-refractivity contribution in [3.63, 3.8) is 0 Å². The monoisotopic (exact) mass is 239 g/mol. The molecule has 0 unspecified atom stereocenters. The van der Waals surface area contributed by atoms with E-state index in [1.54, 1.807) is 0 Å². The van der Waals surface area contributed by atoms with Gasteiger partial charge in [0.2, 0.25) is 0 Å². The first-order valence-corrected chi connectivity index (χ1v) is 6.92. The highest BCUT2D eigenvalue weighted by Crippen LogP contribution is 2.13. The SMILES string of the molecule is CCCCCC/C=C/c1ccc2ccccc2n1. The van der Waals surface area contributed by atoms with Crippen LogP contribution in [0, 0.1) is 0 Å². The predicted molar refractivity (Wildman–Crippen MR) is 79.5 cm³/mol. The van der Waals surface area contributed by atoms with E-state index in [0.717, 1.165) is 17.6 Å². The van der Waals surface area contributed by atoms with Gasteiger partial charge in [-0.1, -0.05) is 56.5 Å². The molecule has 0 atom stereocenters. The van der Waals surface area contributed by atoms with Crippen molar-refractivity contribution in [3.05, 3.63) is 48.2 Å². The number of nitrogens with zero attached hydrogens (tertiary/aromatic N) is 1. The number of aromatic nitrogens is 1. The Morgan fingerprint density at radius 1 is 1.00 bits per heavy atom. The van der Waals surface area contributed by atoms with Crippen molar-refractivity contribution in [1.29, 1.82) is 0 Å². The first-order valence-electron chi connectivity index (χ1n) is 6.92. The van der Waals surface area contributed by atoms with Crippen LogP contribution in [0.4, 0.5) is 0 Å². The molecule has 0 radical (unpaired) electrons. The smallest absolute Gasteiger partial charge is 0.0709 e. The summed E-state index contributed by atoms with van der Waals surface area (Å²) < 4.78 is 0. The summed E-state index contributed by atoms with van der Waals surface area (Å²) in [5.74, 6) is 0. The highest BCUT2D eigenvalue weighted by molar-refractivity contribution is 5.79. The van der Waals surface area contributed by atoms with Crippen molar-refractivity contribution >= 4 is 17.0 Å². The second kappa shape index (κ2) is 6.95. The van der Waals surface area contributed by atoms with Gasteiger partial charge in [-0.3, -0.25) is 0 Å². The Hall–Kier alpha value is -1.63. The lowest BCUT2D eigenvalue weighted by Gasteiger charge is -1.98. The zero-order chi connectivity index (χ0) is 12.6. The van der Waals surface area contributed by atoms with E-state index >= 15 is 0 Å². The molecule has 0 bridgehead atoms. The number of pyridine rings is 1. The van der Waals surface area contributed by atoms with Gasteiger partial charge in [0.15, 0.2) is 0 Å². The van der Waals surface area contributed by atoms with E-state index in [9.17, 15) is 0 Å². The molecule has 1 aromatic carbocycles. The predicted octanol–water partition coefficient (Wildman–Crippen LogP) is 5.22. The molecule has 18 heavy (non-hydrogen) atoms. The third-order valence-corrected chi connectivity index (χ3v) is 3.13. The number of hydrogen-bond donors (Lipinski definition) is 0. The van der Waals surface area contributed by atoms with E-state index < -0.39 is 0 Å². The van der Waals surface area contributed by atoms with Gasteiger partial charge in [0.25, 0.3) is 0 Å². The Labute approximate surface area is 110 Å². The lowest BCUT2D eigenvalue weighted by atomic mass is 10.1. The van der Waals surface area contributed by atoms with Gasteiger partial charge in [-0.15, -0.1) is 0 Å². The Balaban J connectivity index is 1.93. The maximum atomic E-state index is 4.62. The average molecular weight is 239 g/mol. The molecule has 0 aliphatic heterocycles. The number of rotatable bonds is 6. The van der Waals surface area contributed by atoms with Crippen LogP contribution in [0.2, 0.25) is 0 Å². The number of hydrogen-bond acceptors (Lipinski definition) is 1. The van der Waals surface area contributed by atoms with Crippen molar-refractivity contribution in [2.75, 3.05) is 0 Å². The summed E-state index contributed by atoms with van der Waals surface area (Å²) in [5, 5.41) is 1.21. The fraction of sp³-hybridized carbons (Fsp3) is 0.353. The Morgan fingerprint density at radius 3 is 2.78 bits per heavy atom. The van der Waals surface area contributed by atoms with Crippen LogP contribution >= 0.6 is 0 Å². The third-order valence-electron chi connectivity index (χ3n) is 3.13. The van der Waals surface area contributed by atoms with Crippen LogP contribution in [0.3, 0.4) is 0 Å². The summed E-state index contributed by atoms with van der Waals surface area (Å²) in [6.07, 6.45) is 10.8. The van der Waals surface area contributed by atoms with Gasteiger partial charge in [0, 0.05) is 5.39 Å². The highest BCUT2D eigenvalue weighted by Gasteiger charge is 1.94. The van der Waals surface area contributed by atoms with Crippen molar-refractivity contribution in [3.8, 4) is 0 Å². The summed E-state index contributed by atoms with van der Waals surface area (Å²) in [6.45, 7) is 2.24. The lowest BCUT2D eigenvalue weighted by Crippen LogP contribution is -1.82. The number of unbranched alkanes of at least 4 members (excludes halogenated alkanes) is 4. The zero-order valence-electron chi connectivity index (χ0n) is 11.1. The van der Waals surface area contributed by atoms with Gasteiger partial charge in [0.1, 0.15) is 0 Å². The van der Waals surface area contributed by atoms with Gasteiger partial charge < -0.3 is 0 Å². The van der Waals surface area contributed by atoms with Gasteiger partial charge in [-0.05, 0) is 31.1 Å². The van der Waals surface area contributed by atoms with Crippen LogP contribution in [0.5, 0.6) is 0 Å². The number of para-hydroxylation sites is 1. The molecule has 94 valence electrons. The van der Waals surface area contributed by atoms with Crippen molar-refractivity contribution in [2.45, 2.75) is 39.0 Å². The second-order valence-electron chi connectivity index (χ2n) is 4.68. The maximum Gasteiger partial charge on any atom is 0.0709 e. The molecule has 0 fully saturated rings. The first kappa shape index (κ1) is 12.8. The number of allylic oxidation sites excluding steroid dienone is 1. The third kappa shape index (κ3) is 3.69. The molecule has 1 heterocycles. The Bertz CT molecular complexity index is 514. The molecule has 0 N–H and O–H groups in total. The summed E-state index contributed by atoms with van der Waals surface area (Å²) in [5.41, 5.74) is 2.13. The highest BCUT2D eigenvalue weighted by atomic mass is 14.7. The van der Waals surface area contributed by atoms with Crippen LogP contribution in [0.15, 0.2) is 42.5 Å². The van der Waals surface area contributed by atoms with Gasteiger partial charge in [0.05, 0.1) is 11.2 Å². The minimum Gasteiger partial charge on any atom is -0.248 e. The van der Waals surface area contributed by atoms with Gasteiger partial charge >= 0.3 is 0 Å². The summed E-state index contributed by atoms with van der Waals surface area (Å²) in [6, 6.07) is 12.5. The number of benzene rings is 1. The molecule has 0 amide bonds. The molecular formula is C17H21N. The minimum absolute atomic E-state index is 1.06. The van der Waals surface area contributed by atoms with Crippen molar-refractivity contribution in [2.24, 2.45) is 0 Å². The van der Waals surface area contributed by atoms with E-state index in [-0.39, 0.29) is 0 Å². The molecule has 0 aliphatic rings. The average Bonchev–Trinajstić information content (AvgIpc) is 2.42. The number of fused-ring (bicyclic) bond motifs is 1. The van der Waals surface area contributed by atoms with Crippen LogP contribution in [0.25, 0.3) is 17.0 Å². The summed E-state index contributed by atoms with van der Waals surface area (Å²) >= 11 is 0. The Morgan fingerprint density at radius 2 is 1.89 bits per heavy atom. The molecule has 0 saturated carbocycles. The van der Waals surface area contributed by atoms with Crippen molar-refractivity contribution < 1.29 is 0 Å². The first-order chi connectivity index (χ1) is 8.90. The molecule has 1 nitrogen and oxygen atoms in total. The normalized spacial score (nSPS) is 11.4. The molecular weight excluding hydrogens is 218 g/mol. The molecule has 1 heteroatoms. The molecule has 0 saturated heterocycles. The summed E-state index contributed by atoms with van der Waals surface area (Å²) in [7, 11) is 0. The maximum absolute atomic E-state index is 4.62. The van der Waals surface area contributed by atoms with Crippen LogP contribution in [0.1, 0.15) is 44.7 Å². The van der Waals surface area contributed by atoms with Crippen LogP contribution in [-0.4, -0.2) is 4.98 Å². The van der Waals surface area contributed by atoms with E-state index in [1.807, 2.05) is 12.1 Å². The van der Waals surface area contributed by atoms with E-state index in [4.69, 9.17) is 0 Å². The minimum atomic E-state index is 1.06. The molecule has 0 aliphatic carbocycles. The van der Waals surface area contributed by atoms with Gasteiger partial charge in [-0.25, -0.2) is 4.98 Å². The van der Waals surface area contributed by atoms with E-state index in [2.05, 4.69) is 48.3 Å².